The van der Waals surface area contributed by atoms with Crippen molar-refractivity contribution in [2.24, 2.45) is 5.92 Å². The van der Waals surface area contributed by atoms with E-state index in [-0.39, 0.29) is 5.82 Å². The molecule has 0 radical (unpaired) electrons. The Kier molecular flexibility index (Phi) is 2.06. The van der Waals surface area contributed by atoms with E-state index in [0.29, 0.717) is 12.0 Å². The van der Waals surface area contributed by atoms with Crippen molar-refractivity contribution >= 4 is 5.97 Å². The number of imidazole rings is 1. The van der Waals surface area contributed by atoms with Gasteiger partial charge in [0.05, 0.1) is 5.69 Å². The molecule has 0 aromatic carbocycles. The Hall–Kier alpha value is -1.32. The topological polar surface area (TPSA) is 55.1 Å². The van der Waals surface area contributed by atoms with E-state index in [2.05, 4.69) is 11.9 Å². The van der Waals surface area contributed by atoms with Crippen LogP contribution in [0.4, 0.5) is 0 Å². The molecule has 1 fully saturated rings. The fourth-order valence-electron chi connectivity index (χ4n) is 2.63. The van der Waals surface area contributed by atoms with Crippen LogP contribution in [0.3, 0.4) is 0 Å². The molecule has 1 saturated carbocycles. The van der Waals surface area contributed by atoms with E-state index in [9.17, 15) is 9.90 Å². The first kappa shape index (κ1) is 9.87. The van der Waals surface area contributed by atoms with Gasteiger partial charge in [-0.25, -0.2) is 9.78 Å². The highest BCUT2D eigenvalue weighted by Gasteiger charge is 2.34. The number of carboxylic acid groups (broad SMARTS) is 1. The van der Waals surface area contributed by atoms with Crippen LogP contribution in [-0.2, 0) is 12.8 Å². The van der Waals surface area contributed by atoms with E-state index in [1.807, 2.05) is 4.57 Å². The number of nitrogens with zero attached hydrogens (tertiary/aromatic N) is 2. The summed E-state index contributed by atoms with van der Waals surface area (Å²) in [6, 6.07) is 0.413. The maximum atomic E-state index is 11.2. The van der Waals surface area contributed by atoms with Crippen molar-refractivity contribution in [3.8, 4) is 0 Å². The summed E-state index contributed by atoms with van der Waals surface area (Å²) in [4.78, 5) is 15.5. The SMILES string of the molecule is CC1CCc2c(nc(C(=O)O)n2C2CC2)C1. The Bertz CT molecular complexity index is 446. The molecule has 4 heteroatoms. The molecule has 2 aliphatic rings. The van der Waals surface area contributed by atoms with Gasteiger partial charge < -0.3 is 9.67 Å². The summed E-state index contributed by atoms with van der Waals surface area (Å²) < 4.78 is 1.99. The van der Waals surface area contributed by atoms with Crippen LogP contribution in [0.15, 0.2) is 0 Å². The zero-order chi connectivity index (χ0) is 11.3. The summed E-state index contributed by atoms with van der Waals surface area (Å²) in [5.41, 5.74) is 2.22. The summed E-state index contributed by atoms with van der Waals surface area (Å²) in [6.07, 6.45) is 5.31. The molecule has 0 aliphatic heterocycles. The Morgan fingerprint density at radius 2 is 2.19 bits per heavy atom. The highest BCUT2D eigenvalue weighted by Crippen LogP contribution is 2.39. The molecular weight excluding hydrogens is 204 g/mol. The average molecular weight is 220 g/mol. The third-order valence-corrected chi connectivity index (χ3v) is 3.61. The largest absolute Gasteiger partial charge is 0.475 e. The predicted molar refractivity (Wildman–Crippen MR) is 58.6 cm³/mol. The zero-order valence-corrected chi connectivity index (χ0v) is 9.44. The van der Waals surface area contributed by atoms with Crippen molar-refractivity contribution in [1.82, 2.24) is 9.55 Å². The smallest absolute Gasteiger partial charge is 0.372 e. The number of rotatable bonds is 2. The summed E-state index contributed by atoms with van der Waals surface area (Å²) in [7, 11) is 0. The third kappa shape index (κ3) is 1.44. The molecule has 1 aromatic heterocycles. The van der Waals surface area contributed by atoms with Gasteiger partial charge in [0.2, 0.25) is 5.82 Å². The molecule has 1 N–H and O–H groups in total. The van der Waals surface area contributed by atoms with E-state index >= 15 is 0 Å². The Morgan fingerprint density at radius 3 is 2.81 bits per heavy atom. The standard InChI is InChI=1S/C12H16N2O2/c1-7-2-5-10-9(6-7)13-11(12(15)16)14(10)8-3-4-8/h7-8H,2-6H2,1H3,(H,15,16). The van der Waals surface area contributed by atoms with E-state index in [1.165, 1.54) is 5.69 Å². The summed E-state index contributed by atoms with van der Waals surface area (Å²) in [5.74, 6) is 0.0206. The van der Waals surface area contributed by atoms with E-state index in [0.717, 1.165) is 37.8 Å². The zero-order valence-electron chi connectivity index (χ0n) is 9.44. The van der Waals surface area contributed by atoms with Gasteiger partial charge in [-0.1, -0.05) is 6.92 Å². The quantitative estimate of drug-likeness (QED) is 0.829. The first-order chi connectivity index (χ1) is 7.66. The molecule has 3 rings (SSSR count). The summed E-state index contributed by atoms with van der Waals surface area (Å²) >= 11 is 0. The molecule has 0 bridgehead atoms. The number of aromatic nitrogens is 2. The van der Waals surface area contributed by atoms with Crippen molar-refractivity contribution in [2.75, 3.05) is 0 Å². The molecule has 0 saturated heterocycles. The van der Waals surface area contributed by atoms with E-state index in [1.54, 1.807) is 0 Å². The highest BCUT2D eigenvalue weighted by atomic mass is 16.4. The molecular formula is C12H16N2O2. The van der Waals surface area contributed by atoms with Crippen LogP contribution in [0.2, 0.25) is 0 Å². The van der Waals surface area contributed by atoms with Crippen LogP contribution < -0.4 is 0 Å². The second-order valence-corrected chi connectivity index (χ2v) is 5.08. The molecule has 2 aliphatic carbocycles. The highest BCUT2D eigenvalue weighted by molar-refractivity contribution is 5.84. The number of fused-ring (bicyclic) bond motifs is 1. The Labute approximate surface area is 94.3 Å². The van der Waals surface area contributed by atoms with Crippen LogP contribution in [0.1, 0.15) is 54.2 Å². The maximum absolute atomic E-state index is 11.2. The number of carbonyl (C=O) groups is 1. The maximum Gasteiger partial charge on any atom is 0.372 e. The van der Waals surface area contributed by atoms with Gasteiger partial charge in [0.25, 0.3) is 0 Å². The fourth-order valence-corrected chi connectivity index (χ4v) is 2.63. The molecule has 0 spiro atoms. The molecule has 1 aromatic rings. The first-order valence-corrected chi connectivity index (χ1v) is 6.00. The monoisotopic (exact) mass is 220 g/mol. The van der Waals surface area contributed by atoms with Gasteiger partial charge >= 0.3 is 5.97 Å². The molecule has 1 atom stereocenters. The molecule has 1 heterocycles. The van der Waals surface area contributed by atoms with Gasteiger partial charge in [0, 0.05) is 11.7 Å². The van der Waals surface area contributed by atoms with Crippen LogP contribution in [-0.4, -0.2) is 20.6 Å². The van der Waals surface area contributed by atoms with E-state index < -0.39 is 5.97 Å². The van der Waals surface area contributed by atoms with Crippen LogP contribution in [0.25, 0.3) is 0 Å². The summed E-state index contributed by atoms with van der Waals surface area (Å²) in [6.45, 7) is 2.21. The van der Waals surface area contributed by atoms with Crippen molar-refractivity contribution in [3.63, 3.8) is 0 Å². The van der Waals surface area contributed by atoms with Gasteiger partial charge in [0.15, 0.2) is 0 Å². The van der Waals surface area contributed by atoms with Crippen LogP contribution in [0.5, 0.6) is 0 Å². The van der Waals surface area contributed by atoms with E-state index in [4.69, 9.17) is 0 Å². The predicted octanol–water partition coefficient (Wildman–Crippen LogP) is 2.04. The number of hydrogen-bond acceptors (Lipinski definition) is 2. The molecule has 0 amide bonds. The van der Waals surface area contributed by atoms with Gasteiger partial charge in [-0.2, -0.15) is 0 Å². The first-order valence-electron chi connectivity index (χ1n) is 6.00. The Balaban J connectivity index is 2.09. The van der Waals surface area contributed by atoms with Gasteiger partial charge in [0.1, 0.15) is 0 Å². The van der Waals surface area contributed by atoms with Gasteiger partial charge in [-0.05, 0) is 38.0 Å². The van der Waals surface area contributed by atoms with Crippen molar-refractivity contribution in [3.05, 3.63) is 17.2 Å². The Morgan fingerprint density at radius 1 is 1.44 bits per heavy atom. The number of carboxylic acids is 1. The molecule has 1 unspecified atom stereocenters. The lowest BCUT2D eigenvalue weighted by Crippen LogP contribution is -2.15. The lowest BCUT2D eigenvalue weighted by atomic mass is 9.91. The van der Waals surface area contributed by atoms with Crippen molar-refractivity contribution in [2.45, 2.75) is 45.1 Å². The van der Waals surface area contributed by atoms with Gasteiger partial charge in [-0.3, -0.25) is 0 Å². The lowest BCUT2D eigenvalue weighted by molar-refractivity contribution is 0.0677. The van der Waals surface area contributed by atoms with Crippen LogP contribution in [0, 0.1) is 5.92 Å². The molecule has 86 valence electrons. The van der Waals surface area contributed by atoms with Crippen molar-refractivity contribution in [1.29, 1.82) is 0 Å². The fraction of sp³-hybridized carbons (Fsp3) is 0.667. The minimum atomic E-state index is -0.881. The second-order valence-electron chi connectivity index (χ2n) is 5.08. The number of hydrogen-bond donors (Lipinski definition) is 1. The normalized spacial score (nSPS) is 24.2. The molecule has 4 nitrogen and oxygen atoms in total. The molecule has 16 heavy (non-hydrogen) atoms. The minimum Gasteiger partial charge on any atom is -0.475 e. The van der Waals surface area contributed by atoms with Gasteiger partial charge in [-0.15, -0.1) is 0 Å². The van der Waals surface area contributed by atoms with Crippen LogP contribution >= 0.6 is 0 Å². The summed E-state index contributed by atoms with van der Waals surface area (Å²) in [5, 5.41) is 9.17. The minimum absolute atomic E-state index is 0.265. The number of aromatic carboxylic acids is 1. The average Bonchev–Trinajstić information content (AvgIpc) is 2.99. The van der Waals surface area contributed by atoms with Crippen molar-refractivity contribution < 1.29 is 9.90 Å². The lowest BCUT2D eigenvalue weighted by Gasteiger charge is -2.19. The third-order valence-electron chi connectivity index (χ3n) is 3.61. The second kappa shape index (κ2) is 3.34.